The zero-order valence-corrected chi connectivity index (χ0v) is 7.79. The Bertz CT molecular complexity index is 191. The number of hydrogen-bond acceptors (Lipinski definition) is 1. The molecule has 0 aromatic heterocycles. The average molecular weight is 164 g/mol. The van der Waals surface area contributed by atoms with Gasteiger partial charge in [-0.2, -0.15) is 0 Å². The molecule has 0 aliphatic rings. The number of carbonyl (C=O) groups is 1. The second-order valence-electron chi connectivity index (χ2n) is 2.19. The van der Waals surface area contributed by atoms with E-state index in [0.29, 0.717) is 6.42 Å². The predicted molar refractivity (Wildman–Crippen MR) is 52.2 cm³/mol. The van der Waals surface area contributed by atoms with Crippen LogP contribution in [0.25, 0.3) is 0 Å². The van der Waals surface area contributed by atoms with E-state index < -0.39 is 0 Å². The van der Waals surface area contributed by atoms with E-state index in [1.165, 1.54) is 5.56 Å². The van der Waals surface area contributed by atoms with Gasteiger partial charge < -0.3 is 4.79 Å². The molecule has 0 aliphatic carbocycles. The summed E-state index contributed by atoms with van der Waals surface area (Å²) < 4.78 is 0. The zero-order valence-electron chi connectivity index (χ0n) is 7.79. The third-order valence-electron chi connectivity index (χ3n) is 1.39. The van der Waals surface area contributed by atoms with Crippen LogP contribution in [0.15, 0.2) is 30.3 Å². The molecule has 0 heterocycles. The van der Waals surface area contributed by atoms with Gasteiger partial charge in [0.1, 0.15) is 6.29 Å². The molecule has 1 aromatic carbocycles. The summed E-state index contributed by atoms with van der Waals surface area (Å²) in [6.45, 7) is 4.00. The minimum Gasteiger partial charge on any atom is -0.303 e. The van der Waals surface area contributed by atoms with Crippen molar-refractivity contribution in [2.75, 3.05) is 0 Å². The largest absolute Gasteiger partial charge is 0.303 e. The smallest absolute Gasteiger partial charge is 0.120 e. The van der Waals surface area contributed by atoms with Crippen molar-refractivity contribution in [3.05, 3.63) is 35.9 Å². The highest BCUT2D eigenvalue weighted by Crippen LogP contribution is 1.99. The Morgan fingerprint density at radius 3 is 2.25 bits per heavy atom. The summed E-state index contributed by atoms with van der Waals surface area (Å²) >= 11 is 0. The Morgan fingerprint density at radius 2 is 1.75 bits per heavy atom. The summed E-state index contributed by atoms with van der Waals surface area (Å²) in [5.41, 5.74) is 1.23. The van der Waals surface area contributed by atoms with Crippen LogP contribution in [0.3, 0.4) is 0 Å². The molecular weight excluding hydrogens is 148 g/mol. The molecule has 0 bridgehead atoms. The zero-order chi connectivity index (χ0) is 9.23. The molecule has 0 atom stereocenters. The average Bonchev–Trinajstić information content (AvgIpc) is 2.19. The van der Waals surface area contributed by atoms with Gasteiger partial charge in [-0.15, -0.1) is 0 Å². The fraction of sp³-hybridized carbons (Fsp3) is 0.364. The Labute approximate surface area is 74.4 Å². The first kappa shape index (κ1) is 10.9. The normalized spacial score (nSPS) is 8.17. The third kappa shape index (κ3) is 4.67. The maximum Gasteiger partial charge on any atom is 0.120 e. The van der Waals surface area contributed by atoms with Crippen molar-refractivity contribution < 1.29 is 4.79 Å². The van der Waals surface area contributed by atoms with Gasteiger partial charge in [-0.05, 0) is 12.0 Å². The molecule has 0 unspecified atom stereocenters. The van der Waals surface area contributed by atoms with E-state index in [9.17, 15) is 4.79 Å². The summed E-state index contributed by atoms with van der Waals surface area (Å²) in [4.78, 5) is 9.98. The molecule has 0 aliphatic heterocycles. The lowest BCUT2D eigenvalue weighted by Gasteiger charge is -1.93. The van der Waals surface area contributed by atoms with Crippen LogP contribution >= 0.6 is 0 Å². The molecule has 66 valence electrons. The van der Waals surface area contributed by atoms with Crippen molar-refractivity contribution >= 4 is 6.29 Å². The molecule has 1 nitrogen and oxygen atoms in total. The molecule has 0 saturated carbocycles. The molecule has 0 radical (unpaired) electrons. The van der Waals surface area contributed by atoms with E-state index in [1.807, 2.05) is 44.2 Å². The van der Waals surface area contributed by atoms with Gasteiger partial charge in [-0.1, -0.05) is 44.2 Å². The van der Waals surface area contributed by atoms with Crippen molar-refractivity contribution in [3.8, 4) is 0 Å². The molecule has 12 heavy (non-hydrogen) atoms. The lowest BCUT2D eigenvalue weighted by molar-refractivity contribution is -0.107. The van der Waals surface area contributed by atoms with Gasteiger partial charge in [-0.3, -0.25) is 0 Å². The van der Waals surface area contributed by atoms with Crippen molar-refractivity contribution in [3.63, 3.8) is 0 Å². The van der Waals surface area contributed by atoms with Gasteiger partial charge in [0, 0.05) is 6.42 Å². The highest BCUT2D eigenvalue weighted by atomic mass is 16.1. The highest BCUT2D eigenvalue weighted by Gasteiger charge is 1.87. The van der Waals surface area contributed by atoms with Crippen LogP contribution in [0.1, 0.15) is 25.8 Å². The first-order valence-electron chi connectivity index (χ1n) is 4.41. The molecule has 0 saturated heterocycles. The summed E-state index contributed by atoms with van der Waals surface area (Å²) in [6.07, 6.45) is 2.45. The van der Waals surface area contributed by atoms with Crippen LogP contribution in [-0.4, -0.2) is 6.29 Å². The van der Waals surface area contributed by atoms with Gasteiger partial charge in [0.2, 0.25) is 0 Å². The predicted octanol–water partition coefficient (Wildman–Crippen LogP) is 2.84. The molecule has 1 rings (SSSR count). The number of carbonyl (C=O) groups excluding carboxylic acids is 1. The minimum absolute atomic E-state index is 0.629. The Morgan fingerprint density at radius 1 is 1.17 bits per heavy atom. The van der Waals surface area contributed by atoms with Gasteiger partial charge >= 0.3 is 0 Å². The maximum absolute atomic E-state index is 9.98. The number of aldehydes is 1. The van der Waals surface area contributed by atoms with E-state index in [1.54, 1.807) is 0 Å². The van der Waals surface area contributed by atoms with Crippen molar-refractivity contribution in [1.82, 2.24) is 0 Å². The van der Waals surface area contributed by atoms with Crippen molar-refractivity contribution in [1.29, 1.82) is 0 Å². The lowest BCUT2D eigenvalue weighted by atomic mass is 10.1. The second kappa shape index (κ2) is 7.99. The SMILES string of the molecule is CC.O=CCCc1ccccc1. The quantitative estimate of drug-likeness (QED) is 0.628. The second-order valence-corrected chi connectivity index (χ2v) is 2.19. The molecule has 1 heteroatoms. The first-order chi connectivity index (χ1) is 5.93. The molecule has 0 spiro atoms. The van der Waals surface area contributed by atoms with E-state index in [-0.39, 0.29) is 0 Å². The fourth-order valence-corrected chi connectivity index (χ4v) is 0.870. The van der Waals surface area contributed by atoms with Crippen LogP contribution in [0.2, 0.25) is 0 Å². The Balaban J connectivity index is 0.000000561. The maximum atomic E-state index is 9.98. The Hall–Kier alpha value is -1.11. The van der Waals surface area contributed by atoms with Gasteiger partial charge in [0.05, 0.1) is 0 Å². The van der Waals surface area contributed by atoms with Crippen molar-refractivity contribution in [2.45, 2.75) is 26.7 Å². The molecule has 1 aromatic rings. The lowest BCUT2D eigenvalue weighted by Crippen LogP contribution is -1.83. The van der Waals surface area contributed by atoms with Gasteiger partial charge in [0.25, 0.3) is 0 Å². The van der Waals surface area contributed by atoms with Crippen LogP contribution in [0.4, 0.5) is 0 Å². The number of aryl methyl sites for hydroxylation is 1. The topological polar surface area (TPSA) is 17.1 Å². The molecular formula is C11H16O. The number of rotatable bonds is 3. The minimum atomic E-state index is 0.629. The van der Waals surface area contributed by atoms with Crippen LogP contribution in [-0.2, 0) is 11.2 Å². The molecule has 0 amide bonds. The number of benzene rings is 1. The van der Waals surface area contributed by atoms with E-state index in [2.05, 4.69) is 0 Å². The summed E-state index contributed by atoms with van der Waals surface area (Å²) in [7, 11) is 0. The molecule has 0 N–H and O–H groups in total. The third-order valence-corrected chi connectivity index (χ3v) is 1.39. The fourth-order valence-electron chi connectivity index (χ4n) is 0.870. The summed E-state index contributed by atoms with van der Waals surface area (Å²) in [6, 6.07) is 10.0. The molecule has 0 fully saturated rings. The Kier molecular flexibility index (Phi) is 7.25. The first-order valence-corrected chi connectivity index (χ1v) is 4.41. The summed E-state index contributed by atoms with van der Waals surface area (Å²) in [5, 5.41) is 0. The highest BCUT2D eigenvalue weighted by molar-refractivity contribution is 5.49. The monoisotopic (exact) mass is 164 g/mol. The van der Waals surface area contributed by atoms with Crippen LogP contribution in [0, 0.1) is 0 Å². The van der Waals surface area contributed by atoms with Gasteiger partial charge in [-0.25, -0.2) is 0 Å². The standard InChI is InChI=1S/C9H10O.C2H6/c10-8-4-7-9-5-2-1-3-6-9;1-2/h1-3,5-6,8H,4,7H2;1-2H3. The van der Waals surface area contributed by atoms with Crippen molar-refractivity contribution in [2.24, 2.45) is 0 Å². The number of hydrogen-bond donors (Lipinski definition) is 0. The van der Waals surface area contributed by atoms with E-state index >= 15 is 0 Å². The van der Waals surface area contributed by atoms with Gasteiger partial charge in [0.15, 0.2) is 0 Å². The van der Waals surface area contributed by atoms with Crippen LogP contribution in [0.5, 0.6) is 0 Å². The van der Waals surface area contributed by atoms with E-state index in [0.717, 1.165) is 12.7 Å². The van der Waals surface area contributed by atoms with Crippen LogP contribution < -0.4 is 0 Å². The summed E-state index contributed by atoms with van der Waals surface area (Å²) in [5.74, 6) is 0. The van der Waals surface area contributed by atoms with E-state index in [4.69, 9.17) is 0 Å².